The molecular weight excluding hydrogens is 312 g/mol. The smallest absolute Gasteiger partial charge is 0.105 e. The first-order chi connectivity index (χ1) is 8.75. The zero-order valence-corrected chi connectivity index (χ0v) is 12.1. The van der Waals surface area contributed by atoms with E-state index in [1.54, 1.807) is 11.3 Å². The number of halogens is 1. The number of aromatic nitrogens is 1. The predicted octanol–water partition coefficient (Wildman–Crippen LogP) is 2.80. The van der Waals surface area contributed by atoms with E-state index in [-0.39, 0.29) is 5.41 Å². The number of benzene rings is 1. The molecule has 1 aromatic heterocycles. The SMILES string of the molecule is NCC1(c2nc(-c3ccccc3Br)cs2)COC1. The zero-order chi connectivity index (χ0) is 12.6. The molecule has 0 spiro atoms. The summed E-state index contributed by atoms with van der Waals surface area (Å²) in [7, 11) is 0. The molecule has 1 saturated heterocycles. The Balaban J connectivity index is 1.97. The quantitative estimate of drug-likeness (QED) is 0.944. The molecule has 0 atom stereocenters. The van der Waals surface area contributed by atoms with Crippen LogP contribution in [0, 0.1) is 0 Å². The molecule has 5 heteroatoms. The van der Waals surface area contributed by atoms with Crippen LogP contribution in [-0.2, 0) is 10.2 Å². The third-order valence-corrected chi connectivity index (χ3v) is 5.04. The second-order valence-electron chi connectivity index (χ2n) is 4.49. The molecule has 94 valence electrons. The van der Waals surface area contributed by atoms with E-state index in [9.17, 15) is 0 Å². The lowest BCUT2D eigenvalue weighted by atomic mass is 9.87. The molecule has 3 rings (SSSR count). The lowest BCUT2D eigenvalue weighted by Gasteiger charge is -2.38. The highest BCUT2D eigenvalue weighted by atomic mass is 79.9. The number of nitrogens with two attached hydrogens (primary N) is 1. The van der Waals surface area contributed by atoms with Gasteiger partial charge in [-0.2, -0.15) is 0 Å². The molecule has 0 radical (unpaired) electrons. The Labute approximate surface area is 118 Å². The van der Waals surface area contributed by atoms with Gasteiger partial charge in [0.25, 0.3) is 0 Å². The van der Waals surface area contributed by atoms with Crippen molar-refractivity contribution in [3.63, 3.8) is 0 Å². The second kappa shape index (κ2) is 4.74. The first kappa shape index (κ1) is 12.3. The molecule has 2 N–H and O–H groups in total. The van der Waals surface area contributed by atoms with Crippen molar-refractivity contribution < 1.29 is 4.74 Å². The first-order valence-corrected chi connectivity index (χ1v) is 7.41. The minimum atomic E-state index is -0.0514. The lowest BCUT2D eigenvalue weighted by Crippen LogP contribution is -2.52. The third-order valence-electron chi connectivity index (χ3n) is 3.26. The van der Waals surface area contributed by atoms with Gasteiger partial charge in [-0.05, 0) is 6.07 Å². The second-order valence-corrected chi connectivity index (χ2v) is 6.21. The maximum atomic E-state index is 5.86. The molecule has 2 heterocycles. The average molecular weight is 325 g/mol. The number of ether oxygens (including phenoxy) is 1. The highest BCUT2D eigenvalue weighted by Crippen LogP contribution is 2.36. The van der Waals surface area contributed by atoms with Crippen molar-refractivity contribution in [2.75, 3.05) is 19.8 Å². The first-order valence-electron chi connectivity index (χ1n) is 5.74. The van der Waals surface area contributed by atoms with Gasteiger partial charge < -0.3 is 10.5 Å². The minimum absolute atomic E-state index is 0.0514. The predicted molar refractivity (Wildman–Crippen MR) is 76.8 cm³/mol. The summed E-state index contributed by atoms with van der Waals surface area (Å²) in [5.41, 5.74) is 7.92. The molecule has 0 bridgehead atoms. The van der Waals surface area contributed by atoms with Crippen LogP contribution in [0.5, 0.6) is 0 Å². The number of nitrogens with zero attached hydrogens (tertiary/aromatic N) is 1. The van der Waals surface area contributed by atoms with Crippen molar-refractivity contribution in [2.45, 2.75) is 5.41 Å². The van der Waals surface area contributed by atoms with E-state index in [1.807, 2.05) is 18.2 Å². The van der Waals surface area contributed by atoms with Gasteiger partial charge in [0.15, 0.2) is 0 Å². The molecule has 0 amide bonds. The van der Waals surface area contributed by atoms with Crippen LogP contribution in [0.4, 0.5) is 0 Å². The largest absolute Gasteiger partial charge is 0.379 e. The third kappa shape index (κ3) is 1.91. The number of hydrogen-bond acceptors (Lipinski definition) is 4. The molecule has 1 aliphatic rings. The summed E-state index contributed by atoms with van der Waals surface area (Å²) in [5, 5.41) is 3.17. The van der Waals surface area contributed by atoms with Crippen LogP contribution in [-0.4, -0.2) is 24.7 Å². The van der Waals surface area contributed by atoms with Gasteiger partial charge in [0, 0.05) is 22.0 Å². The molecule has 3 nitrogen and oxygen atoms in total. The van der Waals surface area contributed by atoms with Crippen LogP contribution < -0.4 is 5.73 Å². The maximum Gasteiger partial charge on any atom is 0.105 e. The van der Waals surface area contributed by atoms with Crippen LogP contribution in [0.3, 0.4) is 0 Å². The van der Waals surface area contributed by atoms with Crippen LogP contribution >= 0.6 is 27.3 Å². The van der Waals surface area contributed by atoms with Crippen LogP contribution in [0.25, 0.3) is 11.3 Å². The summed E-state index contributed by atoms with van der Waals surface area (Å²) in [6, 6.07) is 8.11. The minimum Gasteiger partial charge on any atom is -0.379 e. The highest BCUT2D eigenvalue weighted by Gasteiger charge is 2.41. The van der Waals surface area contributed by atoms with E-state index >= 15 is 0 Å². The van der Waals surface area contributed by atoms with E-state index in [1.165, 1.54) is 0 Å². The van der Waals surface area contributed by atoms with E-state index in [2.05, 4.69) is 27.4 Å². The summed E-state index contributed by atoms with van der Waals surface area (Å²) in [5.74, 6) is 0. The van der Waals surface area contributed by atoms with Crippen molar-refractivity contribution in [3.8, 4) is 11.3 Å². The Morgan fingerprint density at radius 3 is 2.78 bits per heavy atom. The van der Waals surface area contributed by atoms with Gasteiger partial charge in [0.05, 0.1) is 24.3 Å². The van der Waals surface area contributed by atoms with Gasteiger partial charge in [-0.15, -0.1) is 11.3 Å². The molecule has 2 aromatic rings. The van der Waals surface area contributed by atoms with Gasteiger partial charge in [0.2, 0.25) is 0 Å². The summed E-state index contributed by atoms with van der Waals surface area (Å²) >= 11 is 5.22. The molecule has 0 unspecified atom stereocenters. The fourth-order valence-corrected chi connectivity index (χ4v) is 3.48. The molecule has 0 saturated carbocycles. The molecular formula is C13H13BrN2OS. The van der Waals surface area contributed by atoms with Crippen molar-refractivity contribution in [1.29, 1.82) is 0 Å². The van der Waals surface area contributed by atoms with E-state index < -0.39 is 0 Å². The van der Waals surface area contributed by atoms with Crippen molar-refractivity contribution in [2.24, 2.45) is 5.73 Å². The summed E-state index contributed by atoms with van der Waals surface area (Å²) in [4.78, 5) is 4.73. The van der Waals surface area contributed by atoms with E-state index in [4.69, 9.17) is 15.5 Å². The van der Waals surface area contributed by atoms with Gasteiger partial charge in [0.1, 0.15) is 5.01 Å². The van der Waals surface area contributed by atoms with Crippen molar-refractivity contribution in [3.05, 3.63) is 39.1 Å². The number of rotatable bonds is 3. The van der Waals surface area contributed by atoms with E-state index in [0.29, 0.717) is 19.8 Å². The zero-order valence-electron chi connectivity index (χ0n) is 9.73. The lowest BCUT2D eigenvalue weighted by molar-refractivity contribution is -0.0550. The fourth-order valence-electron chi connectivity index (χ4n) is 1.99. The number of thiazole rings is 1. The van der Waals surface area contributed by atoms with Crippen LogP contribution in [0.1, 0.15) is 5.01 Å². The number of hydrogen-bond donors (Lipinski definition) is 1. The Kier molecular flexibility index (Phi) is 3.23. The monoisotopic (exact) mass is 324 g/mol. The molecule has 1 aliphatic heterocycles. The summed E-state index contributed by atoms with van der Waals surface area (Å²) in [6.45, 7) is 1.97. The topological polar surface area (TPSA) is 48.1 Å². The van der Waals surface area contributed by atoms with Gasteiger partial charge in [-0.25, -0.2) is 4.98 Å². The molecule has 0 aliphatic carbocycles. The summed E-state index contributed by atoms with van der Waals surface area (Å²) < 4.78 is 6.36. The Morgan fingerprint density at radius 1 is 1.39 bits per heavy atom. The van der Waals surface area contributed by atoms with E-state index in [0.717, 1.165) is 20.7 Å². The molecule has 1 fully saturated rings. The van der Waals surface area contributed by atoms with Gasteiger partial charge in [-0.3, -0.25) is 0 Å². The summed E-state index contributed by atoms with van der Waals surface area (Å²) in [6.07, 6.45) is 0. The molecule has 18 heavy (non-hydrogen) atoms. The van der Waals surface area contributed by atoms with Crippen LogP contribution in [0.15, 0.2) is 34.1 Å². The van der Waals surface area contributed by atoms with Crippen molar-refractivity contribution >= 4 is 27.3 Å². The highest BCUT2D eigenvalue weighted by molar-refractivity contribution is 9.10. The molecule has 1 aromatic carbocycles. The van der Waals surface area contributed by atoms with Gasteiger partial charge >= 0.3 is 0 Å². The van der Waals surface area contributed by atoms with Crippen molar-refractivity contribution in [1.82, 2.24) is 4.98 Å². The standard InChI is InChI=1S/C13H13BrN2OS/c14-10-4-2-1-3-9(10)11-5-18-12(16-11)13(6-15)7-17-8-13/h1-5H,6-8,15H2. The average Bonchev–Trinajstić information content (AvgIpc) is 2.79. The Bertz CT molecular complexity index is 560. The maximum absolute atomic E-state index is 5.86. The fraction of sp³-hybridized carbons (Fsp3) is 0.308. The van der Waals surface area contributed by atoms with Gasteiger partial charge in [-0.1, -0.05) is 34.1 Å². The Morgan fingerprint density at radius 2 is 2.17 bits per heavy atom. The Hall–Kier alpha value is -0.750. The normalized spacial score (nSPS) is 17.4. The van der Waals surface area contributed by atoms with Crippen LogP contribution in [0.2, 0.25) is 0 Å².